The van der Waals surface area contributed by atoms with E-state index in [0.29, 0.717) is 12.0 Å². The zero-order valence-corrected chi connectivity index (χ0v) is 16.0. The molecule has 0 radical (unpaired) electrons. The van der Waals surface area contributed by atoms with E-state index in [0.717, 1.165) is 25.6 Å². The van der Waals surface area contributed by atoms with E-state index in [2.05, 4.69) is 58.3 Å². The van der Waals surface area contributed by atoms with E-state index >= 15 is 0 Å². The lowest BCUT2D eigenvalue weighted by Crippen LogP contribution is -2.46. The first-order chi connectivity index (χ1) is 12.7. The summed E-state index contributed by atoms with van der Waals surface area (Å²) in [5, 5.41) is 6.94. The van der Waals surface area contributed by atoms with Gasteiger partial charge in [-0.05, 0) is 42.7 Å². The van der Waals surface area contributed by atoms with Crippen LogP contribution < -0.4 is 10.6 Å². The number of aromatic nitrogens is 2. The van der Waals surface area contributed by atoms with Crippen LogP contribution in [0.2, 0.25) is 0 Å². The third-order valence-electron chi connectivity index (χ3n) is 5.47. The van der Waals surface area contributed by atoms with Gasteiger partial charge in [0.2, 0.25) is 0 Å². The van der Waals surface area contributed by atoms with Crippen molar-refractivity contribution in [2.24, 2.45) is 10.4 Å². The number of nitrogens with one attached hydrogen (secondary N) is 2. The molecule has 1 saturated carbocycles. The molecule has 2 N–H and O–H groups in total. The molecule has 2 aromatic rings. The summed E-state index contributed by atoms with van der Waals surface area (Å²) in [5.41, 5.74) is 2.99. The second kappa shape index (κ2) is 8.88. The van der Waals surface area contributed by atoms with Gasteiger partial charge < -0.3 is 15.2 Å². The molecule has 0 saturated heterocycles. The summed E-state index contributed by atoms with van der Waals surface area (Å²) in [6.07, 6.45) is 10.9. The predicted molar refractivity (Wildman–Crippen MR) is 107 cm³/mol. The zero-order valence-electron chi connectivity index (χ0n) is 16.0. The lowest BCUT2D eigenvalue weighted by molar-refractivity contribution is 0.131. The Bertz CT molecular complexity index is 695. The van der Waals surface area contributed by atoms with Crippen molar-refractivity contribution < 1.29 is 0 Å². The summed E-state index contributed by atoms with van der Waals surface area (Å²) < 4.78 is 2.08. The van der Waals surface area contributed by atoms with Crippen molar-refractivity contribution in [1.29, 1.82) is 0 Å². The molecule has 1 heterocycles. The molecular weight excluding hydrogens is 322 g/mol. The number of nitrogens with zero attached hydrogens (tertiary/aromatic N) is 3. The molecule has 0 atom stereocenters. The number of benzene rings is 1. The summed E-state index contributed by atoms with van der Waals surface area (Å²) in [7, 11) is 0. The Balaban J connectivity index is 1.59. The van der Waals surface area contributed by atoms with Crippen molar-refractivity contribution in [3.8, 4) is 0 Å². The normalized spacial score (nSPS) is 16.2. The van der Waals surface area contributed by atoms with Crippen molar-refractivity contribution >= 4 is 5.96 Å². The third-order valence-corrected chi connectivity index (χ3v) is 5.47. The van der Waals surface area contributed by atoms with Gasteiger partial charge >= 0.3 is 0 Å². The summed E-state index contributed by atoms with van der Waals surface area (Å²) in [5.74, 6) is 0.923. The first-order valence-corrected chi connectivity index (χ1v) is 9.79. The van der Waals surface area contributed by atoms with Crippen LogP contribution in [0.15, 0.2) is 48.0 Å². The molecule has 1 aliphatic rings. The van der Waals surface area contributed by atoms with E-state index in [-0.39, 0.29) is 0 Å². The highest BCUT2D eigenvalue weighted by atomic mass is 15.2. The van der Waals surface area contributed by atoms with Crippen molar-refractivity contribution in [2.75, 3.05) is 13.1 Å². The molecule has 1 aliphatic carbocycles. The Labute approximate surface area is 156 Å². The quantitative estimate of drug-likeness (QED) is 0.563. The summed E-state index contributed by atoms with van der Waals surface area (Å²) in [6, 6.07) is 8.63. The van der Waals surface area contributed by atoms with Gasteiger partial charge in [0.25, 0.3) is 0 Å². The molecule has 1 aromatic carbocycles. The van der Waals surface area contributed by atoms with Gasteiger partial charge in [-0.2, -0.15) is 0 Å². The summed E-state index contributed by atoms with van der Waals surface area (Å²) >= 11 is 0. The monoisotopic (exact) mass is 353 g/mol. The fraction of sp³-hybridized carbons (Fsp3) is 0.524. The van der Waals surface area contributed by atoms with E-state index in [1.807, 2.05) is 18.7 Å². The van der Waals surface area contributed by atoms with E-state index in [4.69, 9.17) is 4.99 Å². The molecule has 1 aromatic heterocycles. The van der Waals surface area contributed by atoms with Gasteiger partial charge in [-0.15, -0.1) is 0 Å². The smallest absolute Gasteiger partial charge is 0.191 e. The van der Waals surface area contributed by atoms with Crippen molar-refractivity contribution in [1.82, 2.24) is 20.2 Å². The van der Waals surface area contributed by atoms with Crippen LogP contribution in [0.1, 0.15) is 50.7 Å². The van der Waals surface area contributed by atoms with Crippen LogP contribution in [0.4, 0.5) is 0 Å². The van der Waals surface area contributed by atoms with Crippen LogP contribution in [-0.2, 0) is 13.1 Å². The van der Waals surface area contributed by atoms with E-state index in [9.17, 15) is 0 Å². The molecule has 0 aliphatic heterocycles. The van der Waals surface area contributed by atoms with Crippen LogP contribution in [0.5, 0.6) is 0 Å². The van der Waals surface area contributed by atoms with E-state index in [1.54, 1.807) is 0 Å². The van der Waals surface area contributed by atoms with Crippen LogP contribution in [0.3, 0.4) is 0 Å². The van der Waals surface area contributed by atoms with Crippen molar-refractivity contribution in [3.05, 3.63) is 54.1 Å². The molecule has 0 amide bonds. The maximum absolute atomic E-state index is 4.79. The van der Waals surface area contributed by atoms with Gasteiger partial charge in [0, 0.05) is 32.0 Å². The third kappa shape index (κ3) is 4.87. The number of rotatable bonds is 8. The molecule has 5 nitrogen and oxygen atoms in total. The standard InChI is InChI=1S/C21H31N5/c1-3-21(9-6-10-21)16-25-20(23-4-2)24-14-18-7-5-8-19(13-18)15-26-12-11-22-17-26/h5,7-8,11-13,17H,3-4,6,9-10,14-16H2,1-2H3,(H2,23,24,25). The molecule has 140 valence electrons. The lowest BCUT2D eigenvalue weighted by Gasteiger charge is -2.41. The minimum Gasteiger partial charge on any atom is -0.357 e. The minimum absolute atomic E-state index is 0.487. The number of aliphatic imine (C=N–C) groups is 1. The largest absolute Gasteiger partial charge is 0.357 e. The molecule has 0 bridgehead atoms. The summed E-state index contributed by atoms with van der Waals surface area (Å²) in [4.78, 5) is 8.90. The van der Waals surface area contributed by atoms with Crippen molar-refractivity contribution in [3.63, 3.8) is 0 Å². The Morgan fingerprint density at radius 2 is 2.08 bits per heavy atom. The number of guanidine groups is 1. The van der Waals surface area contributed by atoms with Gasteiger partial charge in [0.05, 0.1) is 12.9 Å². The second-order valence-electron chi connectivity index (χ2n) is 7.31. The molecule has 0 spiro atoms. The lowest BCUT2D eigenvalue weighted by atomic mass is 9.67. The Morgan fingerprint density at radius 1 is 1.23 bits per heavy atom. The fourth-order valence-corrected chi connectivity index (χ4v) is 3.53. The molecule has 26 heavy (non-hydrogen) atoms. The fourth-order valence-electron chi connectivity index (χ4n) is 3.53. The number of hydrogen-bond donors (Lipinski definition) is 2. The number of hydrogen-bond acceptors (Lipinski definition) is 2. The van der Waals surface area contributed by atoms with Crippen LogP contribution >= 0.6 is 0 Å². The average molecular weight is 354 g/mol. The SMILES string of the molecule is CCNC(=NCc1cccc(Cn2ccnc2)c1)NCC1(CC)CCC1. The first-order valence-electron chi connectivity index (χ1n) is 9.79. The van der Waals surface area contributed by atoms with Gasteiger partial charge in [-0.25, -0.2) is 9.98 Å². The van der Waals surface area contributed by atoms with Gasteiger partial charge in [0.15, 0.2) is 5.96 Å². The molecule has 5 heteroatoms. The summed E-state index contributed by atoms with van der Waals surface area (Å²) in [6.45, 7) is 7.85. The van der Waals surface area contributed by atoms with Crippen LogP contribution in [0.25, 0.3) is 0 Å². The highest BCUT2D eigenvalue weighted by molar-refractivity contribution is 5.79. The Kier molecular flexibility index (Phi) is 6.31. The highest BCUT2D eigenvalue weighted by Gasteiger charge is 2.34. The molecular formula is C21H31N5. The van der Waals surface area contributed by atoms with Crippen LogP contribution in [-0.4, -0.2) is 28.6 Å². The van der Waals surface area contributed by atoms with E-state index in [1.165, 1.54) is 36.8 Å². The molecule has 0 unspecified atom stereocenters. The number of imidazole rings is 1. The predicted octanol–water partition coefficient (Wildman–Crippen LogP) is 3.57. The van der Waals surface area contributed by atoms with Gasteiger partial charge in [-0.1, -0.05) is 37.6 Å². The highest BCUT2D eigenvalue weighted by Crippen LogP contribution is 2.42. The maximum Gasteiger partial charge on any atom is 0.191 e. The minimum atomic E-state index is 0.487. The van der Waals surface area contributed by atoms with Crippen molar-refractivity contribution in [2.45, 2.75) is 52.6 Å². The van der Waals surface area contributed by atoms with E-state index < -0.39 is 0 Å². The Hall–Kier alpha value is -2.30. The molecule has 3 rings (SSSR count). The first kappa shape index (κ1) is 18.5. The second-order valence-corrected chi connectivity index (χ2v) is 7.31. The van der Waals surface area contributed by atoms with Gasteiger partial charge in [0.1, 0.15) is 0 Å². The molecule has 1 fully saturated rings. The average Bonchev–Trinajstić information content (AvgIpc) is 3.12. The van der Waals surface area contributed by atoms with Crippen LogP contribution in [0, 0.1) is 5.41 Å². The van der Waals surface area contributed by atoms with Gasteiger partial charge in [-0.3, -0.25) is 0 Å². The Morgan fingerprint density at radius 3 is 2.73 bits per heavy atom. The topological polar surface area (TPSA) is 54.2 Å². The maximum atomic E-state index is 4.79. The zero-order chi connectivity index (χ0) is 18.2.